The summed E-state index contributed by atoms with van der Waals surface area (Å²) in [6.07, 6.45) is 25.6. The van der Waals surface area contributed by atoms with E-state index in [0.717, 1.165) is 111 Å². The summed E-state index contributed by atoms with van der Waals surface area (Å²) in [5.74, 6) is 4.66. The van der Waals surface area contributed by atoms with Crippen LogP contribution >= 0.6 is 11.9 Å². The van der Waals surface area contributed by atoms with Crippen LogP contribution in [0.15, 0.2) is 85.6 Å². The molecule has 1 amide bonds. The molecule has 3 fully saturated rings. The maximum Gasteiger partial charge on any atom is 0.243 e. The molecule has 3 aliphatic rings. The summed E-state index contributed by atoms with van der Waals surface area (Å²) >= 11 is 1.26. The monoisotopic (exact) mass is 980 g/mol. The number of nitrogens with one attached hydrogen (secondary N) is 5. The Kier molecular flexibility index (Phi) is 25.7. The number of rotatable bonds is 21. The molecule has 5 N–H and O–H groups in total. The smallest absolute Gasteiger partial charge is 0.243 e. The summed E-state index contributed by atoms with van der Waals surface area (Å²) in [5.41, 5.74) is 7.00. The fourth-order valence-electron chi connectivity index (χ4n) is 10.8. The topological polar surface area (TPSA) is 101 Å². The Morgan fingerprint density at radius 2 is 1.41 bits per heavy atom. The molecule has 0 aromatic heterocycles. The molecule has 0 radical (unpaired) electrons. The quantitative estimate of drug-likeness (QED) is 0.0468. The van der Waals surface area contributed by atoms with Crippen molar-refractivity contribution < 1.29 is 9.59 Å². The summed E-state index contributed by atoms with van der Waals surface area (Å²) in [6, 6.07) is 7.77. The van der Waals surface area contributed by atoms with Gasteiger partial charge in [0, 0.05) is 72.9 Å². The molecular weight excluding hydrogens is 883 g/mol. The van der Waals surface area contributed by atoms with Crippen LogP contribution in [0.4, 0.5) is 0 Å². The number of fused-ring (bicyclic) bond motifs is 2. The lowest BCUT2D eigenvalue weighted by Gasteiger charge is -2.38. The van der Waals surface area contributed by atoms with Crippen LogP contribution in [0.25, 0.3) is 0 Å². The third-order valence-electron chi connectivity index (χ3n) is 15.4. The van der Waals surface area contributed by atoms with Crippen LogP contribution < -0.4 is 26.0 Å². The first-order valence-corrected chi connectivity index (χ1v) is 28.3. The molecule has 4 rings (SSSR count). The fourth-order valence-corrected chi connectivity index (χ4v) is 11.5. The minimum absolute atomic E-state index is 0.0314. The van der Waals surface area contributed by atoms with Crippen molar-refractivity contribution >= 4 is 23.0 Å². The molecule has 10 heteroatoms. The Balaban J connectivity index is 1.50. The number of carbonyl (C=O) groups is 2. The van der Waals surface area contributed by atoms with E-state index in [1.54, 1.807) is 0 Å². The van der Waals surface area contributed by atoms with Gasteiger partial charge in [-0.15, -0.1) is 12.3 Å². The third kappa shape index (κ3) is 19.2. The van der Waals surface area contributed by atoms with Crippen molar-refractivity contribution in [2.75, 3.05) is 19.6 Å². The van der Waals surface area contributed by atoms with Gasteiger partial charge in [0.25, 0.3) is 0 Å². The number of carbonyl (C=O) groups excluding carboxylic acids is 2. The van der Waals surface area contributed by atoms with Gasteiger partial charge in [0.1, 0.15) is 6.04 Å². The van der Waals surface area contributed by atoms with Crippen LogP contribution in [0.3, 0.4) is 0 Å². The summed E-state index contributed by atoms with van der Waals surface area (Å²) in [4.78, 5) is 32.5. The molecule has 3 saturated heterocycles. The zero-order valence-corrected chi connectivity index (χ0v) is 45.9. The number of amides is 1. The molecule has 9 atom stereocenters. The Bertz CT molecular complexity index is 1890. The fraction of sp³-hybridized carbons (Fsp3) is 0.667. The van der Waals surface area contributed by atoms with Gasteiger partial charge in [-0.2, -0.15) is 0 Å². The second-order valence-electron chi connectivity index (χ2n) is 21.8. The first-order chi connectivity index (χ1) is 33.5. The summed E-state index contributed by atoms with van der Waals surface area (Å²) < 4.78 is 3.49. The van der Waals surface area contributed by atoms with E-state index in [1.165, 1.54) is 68.0 Å². The molecule has 9 nitrogen and oxygen atoms in total. The first kappa shape index (κ1) is 58.5. The van der Waals surface area contributed by atoms with E-state index in [2.05, 4.69) is 141 Å². The van der Waals surface area contributed by atoms with Gasteiger partial charge in [0.05, 0.1) is 24.2 Å². The minimum Gasteiger partial charge on any atom is -0.385 e. The maximum atomic E-state index is 14.7. The van der Waals surface area contributed by atoms with E-state index in [1.807, 2.05) is 0 Å². The standard InChI is InChI=1S/C60H97N7O2S/c1-14-16-26-54-50(12)66-38-23-27-56(66)48(10)62-46(8)32-36-53(41-61-70-58(68)29-22-20-18-17-19-21-25-45(7)40-43(5)15-2)47(9)64-59(42(3)4)51(13)67-39-24-28-57(67)49(11)63-55(60(69)65-54)37-35-52-33-30-44(6)31-34-52/h1,30-31,33-34,42-43,45-46,53-57,59,61-64H,9-13,15-29,32,35-41H2,2-8H3,(H,65,69)/t43?,45?,46-,53?,54+,55?,56?,57?,59?/m1/s1. The molecule has 390 valence electrons. The molecule has 3 heterocycles. The van der Waals surface area contributed by atoms with Crippen LogP contribution in [0.1, 0.15) is 175 Å². The van der Waals surface area contributed by atoms with Crippen molar-refractivity contribution in [2.45, 2.75) is 213 Å². The molecule has 0 bridgehead atoms. The summed E-state index contributed by atoms with van der Waals surface area (Å²) in [5, 5.41) is 15.0. The van der Waals surface area contributed by atoms with Crippen LogP contribution in [0.5, 0.6) is 0 Å². The largest absolute Gasteiger partial charge is 0.385 e. The zero-order chi connectivity index (χ0) is 51.2. The van der Waals surface area contributed by atoms with Crippen molar-refractivity contribution in [3.63, 3.8) is 0 Å². The predicted octanol–water partition coefficient (Wildman–Crippen LogP) is 12.2. The zero-order valence-electron chi connectivity index (χ0n) is 45.1. The van der Waals surface area contributed by atoms with E-state index < -0.39 is 6.04 Å². The molecule has 1 aromatic carbocycles. The number of benzene rings is 1. The van der Waals surface area contributed by atoms with Gasteiger partial charge in [-0.05, 0) is 120 Å². The van der Waals surface area contributed by atoms with Crippen LogP contribution in [-0.4, -0.2) is 76.7 Å². The Hall–Kier alpha value is -4.07. The van der Waals surface area contributed by atoms with E-state index in [9.17, 15) is 9.59 Å². The Morgan fingerprint density at radius 3 is 2.06 bits per heavy atom. The highest BCUT2D eigenvalue weighted by Gasteiger charge is 2.36. The van der Waals surface area contributed by atoms with Crippen LogP contribution in [-0.2, 0) is 16.0 Å². The van der Waals surface area contributed by atoms with Crippen molar-refractivity contribution in [2.24, 2.45) is 23.7 Å². The molecule has 7 unspecified atom stereocenters. The molecule has 70 heavy (non-hydrogen) atoms. The van der Waals surface area contributed by atoms with E-state index in [-0.39, 0.29) is 53.1 Å². The summed E-state index contributed by atoms with van der Waals surface area (Å²) in [6.45, 7) is 41.4. The highest BCUT2D eigenvalue weighted by molar-refractivity contribution is 8.11. The van der Waals surface area contributed by atoms with Gasteiger partial charge in [0.2, 0.25) is 11.0 Å². The van der Waals surface area contributed by atoms with Gasteiger partial charge in [-0.1, -0.05) is 142 Å². The molecule has 0 saturated carbocycles. The second kappa shape index (κ2) is 30.7. The van der Waals surface area contributed by atoms with E-state index in [4.69, 9.17) is 13.0 Å². The Labute approximate surface area is 432 Å². The highest BCUT2D eigenvalue weighted by atomic mass is 32.2. The highest BCUT2D eigenvalue weighted by Crippen LogP contribution is 2.32. The number of terminal acetylenes is 1. The number of unbranched alkanes of at least 4 members (excludes halogenated alkanes) is 5. The molecular formula is C60H97N7O2S. The molecule has 3 aliphatic heterocycles. The SMILES string of the molecule is C#CCC[C@@H]1NC(=O)C(CCc2ccc(C)cc2)NC(=C)C2CCCN2C(=C)C(C(C)C)NC(=C)C(CNSC(=O)CCCCCCCCC(C)CC(C)CC)CC[C@@H](C)NC(=C)C2CCCN2C1=C. The minimum atomic E-state index is -0.531. The number of aryl methyl sites for hydroxylation is 2. The normalized spacial score (nSPS) is 25.2. The van der Waals surface area contributed by atoms with Crippen molar-refractivity contribution in [1.29, 1.82) is 0 Å². The third-order valence-corrected chi connectivity index (χ3v) is 16.2. The van der Waals surface area contributed by atoms with Gasteiger partial charge < -0.3 is 31.1 Å². The lowest BCUT2D eigenvalue weighted by atomic mass is 9.91. The lowest BCUT2D eigenvalue weighted by Crippen LogP contribution is -2.52. The van der Waals surface area contributed by atoms with Gasteiger partial charge in [-0.3, -0.25) is 14.3 Å². The Morgan fingerprint density at radius 1 is 0.786 bits per heavy atom. The van der Waals surface area contributed by atoms with E-state index in [0.29, 0.717) is 32.2 Å². The average molecular weight is 981 g/mol. The van der Waals surface area contributed by atoms with E-state index >= 15 is 0 Å². The van der Waals surface area contributed by atoms with Gasteiger partial charge in [0.15, 0.2) is 0 Å². The predicted molar refractivity (Wildman–Crippen MR) is 299 cm³/mol. The van der Waals surface area contributed by atoms with Gasteiger partial charge >= 0.3 is 0 Å². The van der Waals surface area contributed by atoms with Gasteiger partial charge in [-0.25, -0.2) is 0 Å². The van der Waals surface area contributed by atoms with Crippen molar-refractivity contribution in [3.8, 4) is 12.3 Å². The average Bonchev–Trinajstić information content (AvgIpc) is 4.04. The molecule has 0 spiro atoms. The molecule has 1 aromatic rings. The van der Waals surface area contributed by atoms with Crippen LogP contribution in [0, 0.1) is 42.9 Å². The summed E-state index contributed by atoms with van der Waals surface area (Å²) in [7, 11) is 0. The van der Waals surface area contributed by atoms with Crippen molar-refractivity contribution in [1.82, 2.24) is 35.8 Å². The number of hydrogen-bond donors (Lipinski definition) is 5. The first-order valence-electron chi connectivity index (χ1n) is 27.5. The second-order valence-corrected chi connectivity index (χ2v) is 22.8. The van der Waals surface area contributed by atoms with Crippen LogP contribution in [0.2, 0.25) is 0 Å². The molecule has 0 aliphatic carbocycles. The maximum absolute atomic E-state index is 14.7. The number of hydrogen-bond acceptors (Lipinski definition) is 9. The number of nitrogens with zero attached hydrogens (tertiary/aromatic N) is 2. The van der Waals surface area contributed by atoms with Crippen molar-refractivity contribution in [3.05, 3.63) is 96.8 Å². The lowest BCUT2D eigenvalue weighted by molar-refractivity contribution is -0.123.